The molecule has 3 aromatic rings. The summed E-state index contributed by atoms with van der Waals surface area (Å²) in [4.78, 5) is 20.4. The van der Waals surface area contributed by atoms with E-state index in [1.807, 2.05) is 12.2 Å². The molecule has 3 rings (SSSR count). The van der Waals surface area contributed by atoms with Crippen molar-refractivity contribution in [2.45, 2.75) is 32.6 Å². The van der Waals surface area contributed by atoms with Gasteiger partial charge in [-0.3, -0.25) is 0 Å². The topological polar surface area (TPSA) is 61.3 Å². The number of benzene rings is 2. The van der Waals surface area contributed by atoms with Crippen LogP contribution in [0.1, 0.15) is 53.5 Å². The first kappa shape index (κ1) is 21.2. The van der Waals surface area contributed by atoms with E-state index in [9.17, 15) is 4.79 Å². The fourth-order valence-corrected chi connectivity index (χ4v) is 2.89. The molecule has 0 unspecified atom stereocenters. The van der Waals surface area contributed by atoms with E-state index >= 15 is 0 Å². The Bertz CT molecular complexity index is 963. The molecule has 0 bridgehead atoms. The fourth-order valence-electron chi connectivity index (χ4n) is 2.89. The Kier molecular flexibility index (Phi) is 7.72. The summed E-state index contributed by atoms with van der Waals surface area (Å²) >= 11 is 0. The van der Waals surface area contributed by atoms with Crippen LogP contribution < -0.4 is 9.47 Å². The number of hydrogen-bond acceptors (Lipinski definition) is 5. The Balaban J connectivity index is 1.56. The fraction of sp³-hybridized carbons (Fsp3) is 0.240. The Morgan fingerprint density at radius 3 is 2.13 bits per heavy atom. The molecule has 0 radical (unpaired) electrons. The van der Waals surface area contributed by atoms with Crippen LogP contribution in [0.3, 0.4) is 0 Å². The van der Waals surface area contributed by atoms with E-state index in [-0.39, 0.29) is 5.82 Å². The lowest BCUT2D eigenvalue weighted by atomic mass is 10.0. The molecule has 0 atom stereocenters. The van der Waals surface area contributed by atoms with Crippen LogP contribution in [0, 0.1) is 0 Å². The van der Waals surface area contributed by atoms with Crippen molar-refractivity contribution in [2.75, 3.05) is 7.11 Å². The second-order valence-corrected chi connectivity index (χ2v) is 6.94. The number of rotatable bonds is 9. The largest absolute Gasteiger partial charge is 0.497 e. The third kappa shape index (κ3) is 6.27. The number of nitrogens with zero attached hydrogens (tertiary/aromatic N) is 2. The van der Waals surface area contributed by atoms with Crippen molar-refractivity contribution in [1.82, 2.24) is 9.97 Å². The summed E-state index contributed by atoms with van der Waals surface area (Å²) in [5, 5.41) is 0. The van der Waals surface area contributed by atoms with Gasteiger partial charge in [-0.25, -0.2) is 14.8 Å². The van der Waals surface area contributed by atoms with Gasteiger partial charge in [0.2, 0.25) is 5.82 Å². The molecule has 154 valence electrons. The first-order valence-electron chi connectivity index (χ1n) is 10.1. The Morgan fingerprint density at radius 2 is 1.50 bits per heavy atom. The number of carbonyl (C=O) groups is 1. The highest BCUT2D eigenvalue weighted by molar-refractivity contribution is 5.87. The van der Waals surface area contributed by atoms with Crippen molar-refractivity contribution in [1.29, 1.82) is 0 Å². The summed E-state index contributed by atoms with van der Waals surface area (Å²) in [7, 11) is 1.58. The number of aromatic nitrogens is 2. The lowest BCUT2D eigenvalue weighted by molar-refractivity contribution is 0.0721. The maximum absolute atomic E-state index is 12.2. The molecule has 0 N–H and O–H groups in total. The van der Waals surface area contributed by atoms with Crippen LogP contribution in [0.4, 0.5) is 0 Å². The van der Waals surface area contributed by atoms with Gasteiger partial charge >= 0.3 is 5.97 Å². The van der Waals surface area contributed by atoms with E-state index in [1.54, 1.807) is 43.8 Å². The molecule has 30 heavy (non-hydrogen) atoms. The number of methoxy groups -OCH3 is 1. The van der Waals surface area contributed by atoms with Gasteiger partial charge in [-0.15, -0.1) is 0 Å². The summed E-state index contributed by atoms with van der Waals surface area (Å²) in [6, 6.07) is 15.3. The Labute approximate surface area is 177 Å². The zero-order valence-electron chi connectivity index (χ0n) is 17.4. The Morgan fingerprint density at radius 1 is 0.867 bits per heavy atom. The van der Waals surface area contributed by atoms with E-state index in [0.29, 0.717) is 11.5 Å². The zero-order valence-corrected chi connectivity index (χ0v) is 17.4. The van der Waals surface area contributed by atoms with Crippen LogP contribution in [0.5, 0.6) is 11.5 Å². The molecule has 0 fully saturated rings. The van der Waals surface area contributed by atoms with Crippen molar-refractivity contribution in [3.63, 3.8) is 0 Å². The molecule has 0 amide bonds. The summed E-state index contributed by atoms with van der Waals surface area (Å²) in [6.07, 6.45) is 12.0. The number of ether oxygens (including phenoxy) is 2. The summed E-state index contributed by atoms with van der Waals surface area (Å²) in [5.41, 5.74) is 3.28. The van der Waals surface area contributed by atoms with Gasteiger partial charge in [0, 0.05) is 18.0 Å². The molecule has 0 aliphatic rings. The molecule has 0 saturated heterocycles. The van der Waals surface area contributed by atoms with Gasteiger partial charge in [-0.2, -0.15) is 0 Å². The third-order valence-electron chi connectivity index (χ3n) is 4.64. The van der Waals surface area contributed by atoms with Crippen LogP contribution in [0.25, 0.3) is 12.2 Å². The van der Waals surface area contributed by atoms with Gasteiger partial charge < -0.3 is 9.47 Å². The molecule has 0 spiro atoms. The minimum Gasteiger partial charge on any atom is -0.497 e. The molecule has 0 aliphatic heterocycles. The number of esters is 1. The van der Waals surface area contributed by atoms with Gasteiger partial charge in [0.25, 0.3) is 0 Å². The van der Waals surface area contributed by atoms with Crippen molar-refractivity contribution in [3.8, 4) is 11.5 Å². The number of carbonyl (C=O) groups excluding carboxylic acids is 1. The highest BCUT2D eigenvalue weighted by Gasteiger charge is 2.11. The predicted molar refractivity (Wildman–Crippen MR) is 119 cm³/mol. The Hall–Kier alpha value is -3.47. The SMILES string of the molecule is CCCCCc1ccc(/C=C/c2cnc(C(=O)Oc3ccc(OC)cc3)nc2)cc1. The molecule has 0 aliphatic carbocycles. The number of unbranched alkanes of at least 4 members (excludes halogenated alkanes) is 2. The van der Waals surface area contributed by atoms with Gasteiger partial charge in [0.15, 0.2) is 0 Å². The van der Waals surface area contributed by atoms with Gasteiger partial charge in [-0.1, -0.05) is 56.2 Å². The molecular formula is C25H26N2O3. The first-order chi connectivity index (χ1) is 14.7. The van der Waals surface area contributed by atoms with Crippen LogP contribution in [0.2, 0.25) is 0 Å². The lowest BCUT2D eigenvalue weighted by Crippen LogP contribution is -2.12. The highest BCUT2D eigenvalue weighted by Crippen LogP contribution is 2.18. The van der Waals surface area contributed by atoms with Gasteiger partial charge in [0.05, 0.1) is 7.11 Å². The zero-order chi connectivity index (χ0) is 21.2. The summed E-state index contributed by atoms with van der Waals surface area (Å²) in [5.74, 6) is 0.508. The normalized spacial score (nSPS) is 10.9. The average molecular weight is 402 g/mol. The van der Waals surface area contributed by atoms with Crippen molar-refractivity contribution in [3.05, 3.63) is 83.4 Å². The van der Waals surface area contributed by atoms with Gasteiger partial charge in [-0.05, 0) is 48.2 Å². The standard InChI is InChI=1S/C25H26N2O3/c1-3-4-5-6-19-7-9-20(10-8-19)11-12-21-17-26-24(27-18-21)25(28)30-23-15-13-22(29-2)14-16-23/h7-18H,3-6H2,1-2H3/b12-11+. The number of aryl methyl sites for hydroxylation is 1. The predicted octanol–water partition coefficient (Wildman–Crippen LogP) is 5.61. The quantitative estimate of drug-likeness (QED) is 0.265. The molecule has 1 aromatic heterocycles. The maximum atomic E-state index is 12.2. The second kappa shape index (κ2) is 10.9. The van der Waals surface area contributed by atoms with Crippen molar-refractivity contribution in [2.24, 2.45) is 0 Å². The highest BCUT2D eigenvalue weighted by atomic mass is 16.5. The second-order valence-electron chi connectivity index (χ2n) is 6.94. The molecule has 1 heterocycles. The summed E-state index contributed by atoms with van der Waals surface area (Å²) in [6.45, 7) is 2.22. The molecular weight excluding hydrogens is 376 g/mol. The minimum atomic E-state index is -0.602. The minimum absolute atomic E-state index is 0.0133. The van der Waals surface area contributed by atoms with E-state index in [4.69, 9.17) is 9.47 Å². The summed E-state index contributed by atoms with van der Waals surface area (Å²) < 4.78 is 10.4. The molecule has 2 aromatic carbocycles. The monoisotopic (exact) mass is 402 g/mol. The smallest absolute Gasteiger partial charge is 0.381 e. The van der Waals surface area contributed by atoms with E-state index < -0.39 is 5.97 Å². The molecule has 0 saturated carbocycles. The molecule has 5 heteroatoms. The van der Waals surface area contributed by atoms with E-state index in [0.717, 1.165) is 17.5 Å². The van der Waals surface area contributed by atoms with Crippen LogP contribution >= 0.6 is 0 Å². The third-order valence-corrected chi connectivity index (χ3v) is 4.64. The van der Waals surface area contributed by atoms with Crippen molar-refractivity contribution < 1.29 is 14.3 Å². The van der Waals surface area contributed by atoms with Crippen LogP contribution in [0.15, 0.2) is 60.9 Å². The van der Waals surface area contributed by atoms with Crippen molar-refractivity contribution >= 4 is 18.1 Å². The first-order valence-corrected chi connectivity index (χ1v) is 10.1. The average Bonchev–Trinajstić information content (AvgIpc) is 2.79. The van der Waals surface area contributed by atoms with E-state index in [2.05, 4.69) is 41.2 Å². The van der Waals surface area contributed by atoms with Crippen LogP contribution in [-0.2, 0) is 6.42 Å². The number of hydrogen-bond donors (Lipinski definition) is 0. The van der Waals surface area contributed by atoms with Gasteiger partial charge in [0.1, 0.15) is 11.5 Å². The maximum Gasteiger partial charge on any atom is 0.381 e. The van der Waals surface area contributed by atoms with Crippen LogP contribution in [-0.4, -0.2) is 23.0 Å². The van der Waals surface area contributed by atoms with E-state index in [1.165, 1.54) is 24.8 Å². The molecule has 5 nitrogen and oxygen atoms in total. The lowest BCUT2D eigenvalue weighted by Gasteiger charge is -2.04.